The van der Waals surface area contributed by atoms with Gasteiger partial charge in [-0.2, -0.15) is 0 Å². The SMILES string of the molecule is BN1CCC[C@@H]1c1ncc(-c2ccc(-c3ccc(-c4cnc([C@@H]5CCCN5)[nH]4)cc3)cc2)[nH]1. The first kappa shape index (κ1) is 20.5. The summed E-state index contributed by atoms with van der Waals surface area (Å²) in [6.07, 6.45) is 8.69. The van der Waals surface area contributed by atoms with E-state index in [1.54, 1.807) is 0 Å². The van der Waals surface area contributed by atoms with Crippen molar-refractivity contribution in [1.82, 2.24) is 30.1 Å². The first-order valence-corrected chi connectivity index (χ1v) is 12.0. The summed E-state index contributed by atoms with van der Waals surface area (Å²) in [5.74, 6) is 2.12. The average Bonchev–Trinajstić information content (AvgIpc) is 3.66. The van der Waals surface area contributed by atoms with E-state index in [0.29, 0.717) is 12.1 Å². The van der Waals surface area contributed by atoms with Crippen LogP contribution in [0.1, 0.15) is 49.4 Å². The molecule has 0 amide bonds. The molecule has 33 heavy (non-hydrogen) atoms. The number of rotatable bonds is 5. The van der Waals surface area contributed by atoms with Crippen LogP contribution in [0.25, 0.3) is 33.6 Å². The molecule has 6 rings (SSSR count). The quantitative estimate of drug-likeness (QED) is 0.409. The van der Waals surface area contributed by atoms with Crippen molar-refractivity contribution in [3.8, 4) is 33.6 Å². The summed E-state index contributed by atoms with van der Waals surface area (Å²) >= 11 is 0. The van der Waals surface area contributed by atoms with Crippen molar-refractivity contribution >= 4 is 7.98 Å². The molecule has 0 bridgehead atoms. The van der Waals surface area contributed by atoms with Crippen molar-refractivity contribution in [3.05, 3.63) is 72.6 Å². The van der Waals surface area contributed by atoms with E-state index < -0.39 is 0 Å². The predicted octanol–water partition coefficient (Wildman–Crippen LogP) is 4.24. The average molecular weight is 436 g/mol. The minimum atomic E-state index is 0.363. The van der Waals surface area contributed by atoms with E-state index in [1.807, 2.05) is 12.4 Å². The fourth-order valence-electron chi connectivity index (χ4n) is 5.17. The largest absolute Gasteiger partial charge is 0.341 e. The molecule has 4 aromatic rings. The van der Waals surface area contributed by atoms with Crippen molar-refractivity contribution in [2.75, 3.05) is 13.1 Å². The molecular formula is C26H29BN6. The number of H-pyrrole nitrogens is 2. The van der Waals surface area contributed by atoms with Gasteiger partial charge in [0.2, 0.25) is 0 Å². The number of nitrogens with zero attached hydrogens (tertiary/aromatic N) is 3. The van der Waals surface area contributed by atoms with Crippen LogP contribution in [0.4, 0.5) is 0 Å². The molecule has 2 aromatic heterocycles. The van der Waals surface area contributed by atoms with E-state index in [1.165, 1.54) is 36.0 Å². The molecule has 2 aromatic carbocycles. The second kappa shape index (κ2) is 8.65. The van der Waals surface area contributed by atoms with Crippen LogP contribution in [-0.4, -0.2) is 45.8 Å². The Morgan fingerprint density at radius 2 is 1.30 bits per heavy atom. The van der Waals surface area contributed by atoms with Crippen LogP contribution in [0.15, 0.2) is 60.9 Å². The lowest BCUT2D eigenvalue weighted by molar-refractivity contribution is 0.418. The van der Waals surface area contributed by atoms with Gasteiger partial charge in [0, 0.05) is 0 Å². The molecule has 2 atom stereocenters. The number of hydrogen-bond acceptors (Lipinski definition) is 4. The van der Waals surface area contributed by atoms with E-state index in [-0.39, 0.29) is 0 Å². The van der Waals surface area contributed by atoms with Gasteiger partial charge in [0.15, 0.2) is 7.98 Å². The summed E-state index contributed by atoms with van der Waals surface area (Å²) in [7, 11) is 2.18. The maximum atomic E-state index is 4.66. The summed E-state index contributed by atoms with van der Waals surface area (Å²) in [5, 5.41) is 3.50. The monoisotopic (exact) mass is 436 g/mol. The highest BCUT2D eigenvalue weighted by Gasteiger charge is 2.24. The number of aromatic amines is 2. The predicted molar refractivity (Wildman–Crippen MR) is 134 cm³/mol. The number of imidazole rings is 2. The molecule has 7 heteroatoms. The van der Waals surface area contributed by atoms with Gasteiger partial charge < -0.3 is 20.1 Å². The van der Waals surface area contributed by atoms with Crippen LogP contribution >= 0.6 is 0 Å². The summed E-state index contributed by atoms with van der Waals surface area (Å²) < 4.78 is 0. The number of hydrogen-bond donors (Lipinski definition) is 3. The minimum absolute atomic E-state index is 0.363. The van der Waals surface area contributed by atoms with Gasteiger partial charge in [0.25, 0.3) is 0 Å². The van der Waals surface area contributed by atoms with Gasteiger partial charge in [-0.3, -0.25) is 0 Å². The van der Waals surface area contributed by atoms with Crippen LogP contribution in [0.5, 0.6) is 0 Å². The molecule has 4 heterocycles. The maximum absolute atomic E-state index is 4.66. The first-order chi connectivity index (χ1) is 16.2. The second-order valence-corrected chi connectivity index (χ2v) is 9.31. The van der Waals surface area contributed by atoms with E-state index in [9.17, 15) is 0 Å². The summed E-state index contributed by atoms with van der Waals surface area (Å²) in [6, 6.07) is 18.2. The fourth-order valence-corrected chi connectivity index (χ4v) is 5.17. The number of benzene rings is 2. The molecule has 0 unspecified atom stereocenters. The number of nitrogens with one attached hydrogen (secondary N) is 3. The van der Waals surface area contributed by atoms with Gasteiger partial charge in [-0.25, -0.2) is 9.97 Å². The van der Waals surface area contributed by atoms with E-state index in [2.05, 4.69) is 86.6 Å². The molecule has 3 N–H and O–H groups in total. The Balaban J connectivity index is 1.17. The smallest absolute Gasteiger partial charge is 0.186 e. The molecule has 2 fully saturated rings. The molecular weight excluding hydrogens is 407 g/mol. The van der Waals surface area contributed by atoms with Crippen molar-refractivity contribution in [3.63, 3.8) is 0 Å². The first-order valence-electron chi connectivity index (χ1n) is 12.0. The van der Waals surface area contributed by atoms with Gasteiger partial charge in [-0.1, -0.05) is 48.5 Å². The molecule has 2 aliphatic heterocycles. The van der Waals surface area contributed by atoms with Gasteiger partial charge in [-0.05, 0) is 61.0 Å². The molecule has 6 nitrogen and oxygen atoms in total. The fraction of sp³-hybridized carbons (Fsp3) is 0.308. The molecule has 2 aliphatic rings. The molecule has 0 spiro atoms. The molecule has 0 saturated carbocycles. The van der Waals surface area contributed by atoms with Crippen LogP contribution in [-0.2, 0) is 0 Å². The Labute approximate surface area is 195 Å². The summed E-state index contributed by atoms with van der Waals surface area (Å²) in [5.41, 5.74) is 6.90. The highest BCUT2D eigenvalue weighted by atomic mass is 15.1. The third kappa shape index (κ3) is 4.03. The highest BCUT2D eigenvalue weighted by Crippen LogP contribution is 2.31. The summed E-state index contributed by atoms with van der Waals surface area (Å²) in [6.45, 7) is 2.22. The normalized spacial score (nSPS) is 21.1. The third-order valence-electron chi connectivity index (χ3n) is 7.14. The Hall–Kier alpha value is -3.16. The van der Waals surface area contributed by atoms with Gasteiger partial charge in [0.1, 0.15) is 11.6 Å². The van der Waals surface area contributed by atoms with Crippen LogP contribution in [0.2, 0.25) is 0 Å². The second-order valence-electron chi connectivity index (χ2n) is 9.31. The molecule has 0 radical (unpaired) electrons. The zero-order valence-electron chi connectivity index (χ0n) is 19.0. The van der Waals surface area contributed by atoms with E-state index >= 15 is 0 Å². The zero-order chi connectivity index (χ0) is 22.2. The van der Waals surface area contributed by atoms with Crippen LogP contribution in [0, 0.1) is 0 Å². The Bertz CT molecular complexity index is 1220. The summed E-state index contributed by atoms with van der Waals surface area (Å²) in [4.78, 5) is 18.7. The van der Waals surface area contributed by atoms with E-state index in [4.69, 9.17) is 0 Å². The van der Waals surface area contributed by atoms with E-state index in [0.717, 1.165) is 48.1 Å². The van der Waals surface area contributed by atoms with Crippen LogP contribution < -0.4 is 5.32 Å². The molecule has 2 saturated heterocycles. The van der Waals surface area contributed by atoms with Gasteiger partial charge in [0.05, 0.1) is 35.9 Å². The number of aromatic nitrogens is 4. The standard InChI is InChI=1S/C26H29BN6/c27-33-14-2-4-24(33)26-30-16-23(32-26)20-11-7-18(8-12-20)17-5-9-19(10-6-17)22-15-29-25(31-22)21-3-1-13-28-21/h5-12,15-16,21,24,28H,1-4,13-14,27H2,(H,29,31)(H,30,32)/t21-,24+/m0/s1. The minimum Gasteiger partial charge on any atom is -0.341 e. The van der Waals surface area contributed by atoms with Crippen LogP contribution in [0.3, 0.4) is 0 Å². The zero-order valence-corrected chi connectivity index (χ0v) is 19.0. The third-order valence-corrected chi connectivity index (χ3v) is 7.14. The molecule has 166 valence electrons. The lowest BCUT2D eigenvalue weighted by Gasteiger charge is -2.17. The highest BCUT2D eigenvalue weighted by molar-refractivity contribution is 6.04. The van der Waals surface area contributed by atoms with Crippen molar-refractivity contribution in [2.45, 2.75) is 37.8 Å². The van der Waals surface area contributed by atoms with Gasteiger partial charge in [-0.15, -0.1) is 0 Å². The Kier molecular flexibility index (Phi) is 5.36. The van der Waals surface area contributed by atoms with Crippen molar-refractivity contribution in [1.29, 1.82) is 0 Å². The lowest BCUT2D eigenvalue weighted by atomic mass is 10.0. The Morgan fingerprint density at radius 1 is 0.727 bits per heavy atom. The lowest BCUT2D eigenvalue weighted by Crippen LogP contribution is -2.20. The Morgan fingerprint density at radius 3 is 1.85 bits per heavy atom. The van der Waals surface area contributed by atoms with Crippen molar-refractivity contribution < 1.29 is 0 Å². The topological polar surface area (TPSA) is 72.6 Å². The van der Waals surface area contributed by atoms with Crippen molar-refractivity contribution in [2.24, 2.45) is 0 Å². The maximum Gasteiger partial charge on any atom is 0.186 e. The van der Waals surface area contributed by atoms with Gasteiger partial charge >= 0.3 is 0 Å². The molecule has 0 aliphatic carbocycles.